The molecule has 350 valence electrons. The molecule has 64 heavy (non-hydrogen) atoms. The lowest BCUT2D eigenvalue weighted by atomic mass is 10.2. The van der Waals surface area contributed by atoms with E-state index < -0.39 is 135 Å². The van der Waals surface area contributed by atoms with Gasteiger partial charge in [0.2, 0.25) is 11.1 Å². The van der Waals surface area contributed by atoms with E-state index in [9.17, 15) is 66.6 Å². The molecular formula is C37H29F12O13PS. The molecule has 0 radical (unpaired) electrons. The summed E-state index contributed by atoms with van der Waals surface area (Å²) in [7, 11) is -5.48. The molecule has 0 amide bonds. The number of aliphatic hydroxyl groups excluding tert-OH is 1. The van der Waals surface area contributed by atoms with Gasteiger partial charge in [0.25, 0.3) is 5.09 Å². The van der Waals surface area contributed by atoms with Crippen molar-refractivity contribution in [2.45, 2.75) is 64.1 Å². The lowest BCUT2D eigenvalue weighted by molar-refractivity contribution is -0.276. The molecule has 0 saturated carbocycles. The van der Waals surface area contributed by atoms with E-state index in [4.69, 9.17) is 27.2 Å². The van der Waals surface area contributed by atoms with Gasteiger partial charge < -0.3 is 33.5 Å². The zero-order chi connectivity index (χ0) is 46.9. The highest BCUT2D eigenvalue weighted by Crippen LogP contribution is 2.54. The number of benzene rings is 4. The fourth-order valence-corrected chi connectivity index (χ4v) is 7.59. The maximum Gasteiger partial charge on any atom is 0.573 e. The molecule has 0 fully saturated rings. The molecule has 0 saturated heterocycles. The van der Waals surface area contributed by atoms with Crippen LogP contribution in [0, 0.1) is 0 Å². The first-order valence-corrected chi connectivity index (χ1v) is 20.1. The SMILES string of the molecule is O=S1O[C@H]([C@H](CO)OP(=O)(OCc2ccccc2OC(F)(F)F)OCc2ccccc2OC(F)(F)F)C(OCc2ccccc2OC(F)(F)F)=C1OCc1ccccc1OC(F)(F)F. The van der Waals surface area contributed by atoms with Crippen LogP contribution in [0.25, 0.3) is 0 Å². The van der Waals surface area contributed by atoms with Gasteiger partial charge in [-0.2, -0.15) is 0 Å². The van der Waals surface area contributed by atoms with E-state index in [-0.39, 0.29) is 11.1 Å². The lowest BCUT2D eigenvalue weighted by Crippen LogP contribution is -2.34. The van der Waals surface area contributed by atoms with Crippen molar-refractivity contribution in [2.24, 2.45) is 0 Å². The van der Waals surface area contributed by atoms with Crippen molar-refractivity contribution in [1.82, 2.24) is 0 Å². The summed E-state index contributed by atoms with van der Waals surface area (Å²) in [6, 6.07) is 17.2. The average molecular weight is 973 g/mol. The second-order valence-corrected chi connectivity index (χ2v) is 15.1. The van der Waals surface area contributed by atoms with E-state index in [1.165, 1.54) is 30.3 Å². The molecule has 1 N–H and O–H groups in total. The van der Waals surface area contributed by atoms with Crippen molar-refractivity contribution in [2.75, 3.05) is 6.61 Å². The second-order valence-electron chi connectivity index (χ2n) is 12.4. The van der Waals surface area contributed by atoms with Crippen LogP contribution in [0.4, 0.5) is 52.7 Å². The van der Waals surface area contributed by atoms with Gasteiger partial charge in [0.15, 0.2) is 11.9 Å². The van der Waals surface area contributed by atoms with Crippen molar-refractivity contribution in [3.8, 4) is 23.0 Å². The Morgan fingerprint density at radius 2 is 0.875 bits per heavy atom. The summed E-state index contributed by atoms with van der Waals surface area (Å²) in [6.45, 7) is -5.42. The third-order valence-electron chi connectivity index (χ3n) is 7.88. The fourth-order valence-electron chi connectivity index (χ4n) is 5.30. The molecule has 0 spiro atoms. The van der Waals surface area contributed by atoms with Crippen LogP contribution in [-0.4, -0.2) is 53.6 Å². The number of phosphoric acid groups is 1. The Balaban J connectivity index is 1.52. The van der Waals surface area contributed by atoms with Crippen LogP contribution >= 0.6 is 7.82 Å². The van der Waals surface area contributed by atoms with E-state index in [0.29, 0.717) is 0 Å². The quantitative estimate of drug-likeness (QED) is 0.0663. The van der Waals surface area contributed by atoms with Gasteiger partial charge >= 0.3 is 33.3 Å². The molecule has 1 aliphatic heterocycles. The largest absolute Gasteiger partial charge is 0.573 e. The Morgan fingerprint density at radius 1 is 0.547 bits per heavy atom. The number of hydrogen-bond donors (Lipinski definition) is 1. The molecule has 0 aromatic heterocycles. The molecule has 4 aromatic rings. The van der Waals surface area contributed by atoms with E-state index in [2.05, 4.69) is 18.9 Å². The van der Waals surface area contributed by atoms with Crippen LogP contribution in [0.2, 0.25) is 0 Å². The summed E-state index contributed by atoms with van der Waals surface area (Å²) < 4.78 is 235. The molecule has 27 heteroatoms. The predicted molar refractivity (Wildman–Crippen MR) is 191 cm³/mol. The molecule has 13 nitrogen and oxygen atoms in total. The standard InChI is InChI=1S/C37H29F12O13PS/c38-34(39,40)57-26-13-5-1-9-22(26)18-53-32-31(62-64(52)33(32)54-19-23-10-2-6-14-27(23)58-35(41,42)43)30(17-50)61-63(51,55-20-24-11-3-7-15-28(24)59-36(44,45)46)56-21-25-12-4-8-16-29(25)60-37(47,48)49/h1-16,30-31,50H,17-21H2/t30-,31+,64?/m0/s1. The highest BCUT2D eigenvalue weighted by Gasteiger charge is 2.46. The highest BCUT2D eigenvalue weighted by atomic mass is 32.2. The van der Waals surface area contributed by atoms with Gasteiger partial charge in [-0.3, -0.25) is 17.8 Å². The fraction of sp³-hybridized carbons (Fsp3) is 0.297. The first-order chi connectivity index (χ1) is 29.9. The van der Waals surface area contributed by atoms with E-state index >= 15 is 0 Å². The third kappa shape index (κ3) is 15.2. The average Bonchev–Trinajstić information content (AvgIpc) is 3.50. The first-order valence-electron chi connectivity index (χ1n) is 17.5. The van der Waals surface area contributed by atoms with Crippen molar-refractivity contribution in [3.05, 3.63) is 130 Å². The van der Waals surface area contributed by atoms with Gasteiger partial charge in [0.05, 0.1) is 19.8 Å². The number of para-hydroxylation sites is 4. The van der Waals surface area contributed by atoms with Crippen LogP contribution in [0.5, 0.6) is 23.0 Å². The van der Waals surface area contributed by atoms with Gasteiger partial charge in [-0.05, 0) is 24.3 Å². The van der Waals surface area contributed by atoms with Crippen LogP contribution in [0.3, 0.4) is 0 Å². The molecule has 5 rings (SSSR count). The normalized spacial score (nSPS) is 16.6. The minimum absolute atomic E-state index is 0.318. The molecule has 3 atom stereocenters. The minimum atomic E-state index is -5.48. The van der Waals surface area contributed by atoms with Gasteiger partial charge in [-0.15, -0.1) is 52.7 Å². The number of rotatable bonds is 20. The van der Waals surface area contributed by atoms with Crippen LogP contribution in [-0.2, 0) is 69.3 Å². The molecular weight excluding hydrogens is 943 g/mol. The Morgan fingerprint density at radius 3 is 1.22 bits per heavy atom. The molecule has 4 aromatic carbocycles. The Kier molecular flexibility index (Phi) is 16.1. The summed E-state index contributed by atoms with van der Waals surface area (Å²) in [5.41, 5.74) is -1.57. The first kappa shape index (κ1) is 49.8. The number of aliphatic hydroxyl groups is 1. The summed E-state index contributed by atoms with van der Waals surface area (Å²) in [5.74, 6) is -4.16. The number of hydrogen-bond acceptors (Lipinski definition) is 13. The van der Waals surface area contributed by atoms with Crippen molar-refractivity contribution < 1.29 is 113 Å². The van der Waals surface area contributed by atoms with Crippen molar-refractivity contribution >= 4 is 18.9 Å². The van der Waals surface area contributed by atoms with Crippen LogP contribution < -0.4 is 18.9 Å². The molecule has 1 heterocycles. The highest BCUT2D eigenvalue weighted by molar-refractivity contribution is 7.84. The maximum absolute atomic E-state index is 14.4. The Bertz CT molecular complexity index is 2240. The van der Waals surface area contributed by atoms with Crippen LogP contribution in [0.15, 0.2) is 108 Å². The summed E-state index contributed by atoms with van der Waals surface area (Å²) in [5, 5.41) is 9.67. The van der Waals surface area contributed by atoms with E-state index in [1.54, 1.807) is 0 Å². The Hall–Kier alpha value is -5.24. The van der Waals surface area contributed by atoms with E-state index in [0.717, 1.165) is 66.7 Å². The lowest BCUT2D eigenvalue weighted by Gasteiger charge is -2.27. The monoisotopic (exact) mass is 972 g/mol. The van der Waals surface area contributed by atoms with Gasteiger partial charge in [-0.1, -0.05) is 72.8 Å². The number of phosphoric ester groups is 1. The summed E-state index contributed by atoms with van der Waals surface area (Å²) in [4.78, 5) is 0. The summed E-state index contributed by atoms with van der Waals surface area (Å²) >= 11 is -2.89. The Labute approximate surface area is 355 Å². The third-order valence-corrected chi connectivity index (χ3v) is 10.3. The number of halogens is 12. The van der Waals surface area contributed by atoms with Gasteiger partial charge in [-0.25, -0.2) is 8.77 Å². The second kappa shape index (κ2) is 20.7. The van der Waals surface area contributed by atoms with Gasteiger partial charge in [0.1, 0.15) is 42.3 Å². The topological polar surface area (TPSA) is 147 Å². The molecule has 0 aliphatic carbocycles. The zero-order valence-electron chi connectivity index (χ0n) is 31.7. The molecule has 0 bridgehead atoms. The zero-order valence-corrected chi connectivity index (χ0v) is 33.4. The van der Waals surface area contributed by atoms with Crippen molar-refractivity contribution in [3.63, 3.8) is 0 Å². The van der Waals surface area contributed by atoms with Gasteiger partial charge in [0, 0.05) is 22.3 Å². The molecule has 1 aliphatic rings. The number of ether oxygens (including phenoxy) is 6. The summed E-state index contributed by atoms with van der Waals surface area (Å²) in [6.07, 6.45) is -25.2. The number of alkyl halides is 12. The minimum Gasteiger partial charge on any atom is -0.486 e. The predicted octanol–water partition coefficient (Wildman–Crippen LogP) is 10.2. The maximum atomic E-state index is 14.4. The van der Waals surface area contributed by atoms with E-state index in [1.807, 2.05) is 0 Å². The van der Waals surface area contributed by atoms with Crippen molar-refractivity contribution in [1.29, 1.82) is 0 Å². The van der Waals surface area contributed by atoms with Crippen LogP contribution in [0.1, 0.15) is 22.3 Å². The molecule has 1 unspecified atom stereocenters. The smallest absolute Gasteiger partial charge is 0.486 e.